The molecule has 0 saturated carbocycles. The number of hydrogen-bond donors (Lipinski definition) is 1. The summed E-state index contributed by atoms with van der Waals surface area (Å²) in [5.41, 5.74) is 3.17. The van der Waals surface area contributed by atoms with E-state index >= 15 is 0 Å². The number of nitrogens with zero attached hydrogens (tertiary/aromatic N) is 2. The second kappa shape index (κ2) is 8.18. The van der Waals surface area contributed by atoms with Crippen LogP contribution in [0.5, 0.6) is 11.5 Å². The van der Waals surface area contributed by atoms with Crippen LogP contribution in [0.3, 0.4) is 0 Å². The molecule has 0 amide bonds. The monoisotopic (exact) mass is 377 g/mol. The van der Waals surface area contributed by atoms with Gasteiger partial charge in [0.05, 0.1) is 16.7 Å². The van der Waals surface area contributed by atoms with Gasteiger partial charge in [-0.3, -0.25) is 4.98 Å². The molecule has 0 fully saturated rings. The molecule has 0 spiro atoms. The Labute approximate surface area is 153 Å². The Kier molecular flexibility index (Phi) is 5.72. The molecule has 2 heterocycles. The van der Waals surface area contributed by atoms with Crippen LogP contribution in [0, 0.1) is 6.92 Å². The zero-order chi connectivity index (χ0) is 18.5. The maximum Gasteiger partial charge on any atom is 0.387 e. The lowest BCUT2D eigenvalue weighted by molar-refractivity contribution is -0.0497. The van der Waals surface area contributed by atoms with Crippen molar-refractivity contribution in [3.05, 3.63) is 54.4 Å². The van der Waals surface area contributed by atoms with Crippen LogP contribution in [0.1, 0.15) is 11.3 Å². The molecule has 1 aromatic carbocycles. The molecule has 3 rings (SSSR count). The van der Waals surface area contributed by atoms with Crippen molar-refractivity contribution in [1.29, 1.82) is 0 Å². The molecule has 26 heavy (non-hydrogen) atoms. The predicted molar refractivity (Wildman–Crippen MR) is 97.0 cm³/mol. The van der Waals surface area contributed by atoms with Crippen LogP contribution in [0.25, 0.3) is 11.0 Å². The van der Waals surface area contributed by atoms with Crippen LogP contribution in [-0.2, 0) is 5.75 Å². The molecule has 5 nitrogen and oxygen atoms in total. The summed E-state index contributed by atoms with van der Waals surface area (Å²) in [7, 11) is 0. The fourth-order valence-corrected chi connectivity index (χ4v) is 3.27. The molecule has 1 N–H and O–H groups in total. The number of pyridine rings is 1. The standard InChI is InChI=1S/C18H17F2N3O2S/c1-3-8-24-16-6-7-21-15(11(16)2)10-26-18-22-13-5-4-12(25-17(19)20)9-14(13)23-18/h3-7,9,17H,1,8,10H2,2H3,(H,22,23). The van der Waals surface area contributed by atoms with Crippen molar-refractivity contribution < 1.29 is 18.3 Å². The Morgan fingerprint density at radius 3 is 2.96 bits per heavy atom. The summed E-state index contributed by atoms with van der Waals surface area (Å²) in [6.45, 7) is 3.17. The number of rotatable bonds is 8. The maximum absolute atomic E-state index is 12.3. The highest BCUT2D eigenvalue weighted by atomic mass is 32.2. The van der Waals surface area contributed by atoms with Gasteiger partial charge >= 0.3 is 6.61 Å². The van der Waals surface area contributed by atoms with E-state index < -0.39 is 6.61 Å². The summed E-state index contributed by atoms with van der Waals surface area (Å²) in [6.07, 6.45) is 3.39. The average Bonchev–Trinajstić information content (AvgIpc) is 3.01. The van der Waals surface area contributed by atoms with Crippen LogP contribution in [0.15, 0.2) is 48.3 Å². The van der Waals surface area contributed by atoms with Gasteiger partial charge in [-0.05, 0) is 25.1 Å². The van der Waals surface area contributed by atoms with Crippen molar-refractivity contribution in [3.8, 4) is 11.5 Å². The number of fused-ring (bicyclic) bond motifs is 1. The molecular formula is C18H17F2N3O2S. The number of halogens is 2. The molecule has 0 aliphatic heterocycles. The average molecular weight is 377 g/mol. The molecule has 0 atom stereocenters. The fraction of sp³-hybridized carbons (Fsp3) is 0.222. The normalized spacial score (nSPS) is 11.1. The molecule has 8 heteroatoms. The number of ether oxygens (including phenoxy) is 2. The molecule has 0 aliphatic rings. The van der Waals surface area contributed by atoms with E-state index in [1.807, 2.05) is 13.0 Å². The Hall–Kier alpha value is -2.61. The molecule has 0 bridgehead atoms. The lowest BCUT2D eigenvalue weighted by atomic mass is 10.2. The van der Waals surface area contributed by atoms with Crippen LogP contribution < -0.4 is 9.47 Å². The zero-order valence-electron chi connectivity index (χ0n) is 14.0. The Balaban J connectivity index is 1.72. The Morgan fingerprint density at radius 2 is 2.19 bits per heavy atom. The van der Waals surface area contributed by atoms with Crippen molar-refractivity contribution in [1.82, 2.24) is 15.0 Å². The summed E-state index contributed by atoms with van der Waals surface area (Å²) < 4.78 is 34.6. The van der Waals surface area contributed by atoms with E-state index in [1.54, 1.807) is 18.3 Å². The lowest BCUT2D eigenvalue weighted by Gasteiger charge is -2.10. The second-order valence-corrected chi connectivity index (χ2v) is 6.33. The summed E-state index contributed by atoms with van der Waals surface area (Å²) in [6, 6.07) is 6.43. The minimum atomic E-state index is -2.85. The quantitative estimate of drug-likeness (QED) is 0.454. The highest BCUT2D eigenvalue weighted by Crippen LogP contribution is 2.28. The molecule has 2 aromatic heterocycles. The first-order valence-electron chi connectivity index (χ1n) is 7.82. The van der Waals surface area contributed by atoms with Crippen molar-refractivity contribution >= 4 is 22.8 Å². The number of hydrogen-bond acceptors (Lipinski definition) is 5. The van der Waals surface area contributed by atoms with E-state index in [-0.39, 0.29) is 5.75 Å². The summed E-state index contributed by atoms with van der Waals surface area (Å²) in [5, 5.41) is 0.674. The summed E-state index contributed by atoms with van der Waals surface area (Å²) in [4.78, 5) is 11.9. The van der Waals surface area contributed by atoms with E-state index in [2.05, 4.69) is 26.3 Å². The minimum absolute atomic E-state index is 0.0947. The number of thioether (sulfide) groups is 1. The predicted octanol–water partition coefficient (Wildman–Crippen LogP) is 4.72. The summed E-state index contributed by atoms with van der Waals surface area (Å²) in [5.74, 6) is 1.46. The highest BCUT2D eigenvalue weighted by Gasteiger charge is 2.11. The molecule has 3 aromatic rings. The SMILES string of the molecule is C=CCOc1ccnc(CSc2nc3ccc(OC(F)F)cc3[nH]2)c1C. The van der Waals surface area contributed by atoms with Crippen molar-refractivity contribution in [2.45, 2.75) is 24.4 Å². The topological polar surface area (TPSA) is 60.0 Å². The number of H-pyrrole nitrogens is 1. The van der Waals surface area contributed by atoms with Gasteiger partial charge < -0.3 is 14.5 Å². The van der Waals surface area contributed by atoms with Crippen LogP contribution >= 0.6 is 11.8 Å². The van der Waals surface area contributed by atoms with Gasteiger partial charge in [0.2, 0.25) is 0 Å². The number of aromatic nitrogens is 3. The van der Waals surface area contributed by atoms with Gasteiger partial charge in [0.1, 0.15) is 18.1 Å². The highest BCUT2D eigenvalue weighted by molar-refractivity contribution is 7.98. The van der Waals surface area contributed by atoms with E-state index in [9.17, 15) is 8.78 Å². The van der Waals surface area contributed by atoms with Gasteiger partial charge in [0.15, 0.2) is 5.16 Å². The third-order valence-corrected chi connectivity index (χ3v) is 4.50. The van der Waals surface area contributed by atoms with Crippen LogP contribution in [0.2, 0.25) is 0 Å². The summed E-state index contributed by atoms with van der Waals surface area (Å²) >= 11 is 1.47. The molecule has 0 unspecified atom stereocenters. The Morgan fingerprint density at radius 1 is 1.35 bits per heavy atom. The van der Waals surface area contributed by atoms with Crippen LogP contribution in [0.4, 0.5) is 8.78 Å². The largest absolute Gasteiger partial charge is 0.489 e. The van der Waals surface area contributed by atoms with Gasteiger partial charge in [-0.2, -0.15) is 8.78 Å². The maximum atomic E-state index is 12.3. The number of aromatic amines is 1. The van der Waals surface area contributed by atoms with Gasteiger partial charge in [0, 0.05) is 23.6 Å². The van der Waals surface area contributed by atoms with Gasteiger partial charge in [-0.15, -0.1) is 0 Å². The molecule has 136 valence electrons. The van der Waals surface area contributed by atoms with Gasteiger partial charge in [-0.25, -0.2) is 4.98 Å². The fourth-order valence-electron chi connectivity index (χ4n) is 2.36. The lowest BCUT2D eigenvalue weighted by Crippen LogP contribution is -2.01. The van der Waals surface area contributed by atoms with Crippen LogP contribution in [-0.4, -0.2) is 28.2 Å². The third-order valence-electron chi connectivity index (χ3n) is 3.62. The molecule has 0 radical (unpaired) electrons. The first kappa shape index (κ1) is 18.2. The number of benzene rings is 1. The third kappa shape index (κ3) is 4.32. The van der Waals surface area contributed by atoms with E-state index in [0.717, 1.165) is 17.0 Å². The first-order valence-corrected chi connectivity index (χ1v) is 8.81. The number of imidazole rings is 1. The zero-order valence-corrected chi connectivity index (χ0v) is 14.9. The van der Waals surface area contributed by atoms with E-state index in [4.69, 9.17) is 4.74 Å². The molecular weight excluding hydrogens is 360 g/mol. The van der Waals surface area contributed by atoms with E-state index in [0.29, 0.717) is 28.5 Å². The van der Waals surface area contributed by atoms with Crippen molar-refractivity contribution in [2.24, 2.45) is 0 Å². The molecule has 0 aliphatic carbocycles. The van der Waals surface area contributed by atoms with Crippen molar-refractivity contribution in [2.75, 3.05) is 6.61 Å². The second-order valence-electron chi connectivity index (χ2n) is 5.37. The van der Waals surface area contributed by atoms with Gasteiger partial charge in [-0.1, -0.05) is 24.4 Å². The van der Waals surface area contributed by atoms with Gasteiger partial charge in [0.25, 0.3) is 0 Å². The molecule has 0 saturated heterocycles. The minimum Gasteiger partial charge on any atom is -0.489 e. The number of nitrogens with one attached hydrogen (secondary N) is 1. The number of alkyl halides is 2. The van der Waals surface area contributed by atoms with Crippen molar-refractivity contribution in [3.63, 3.8) is 0 Å². The van der Waals surface area contributed by atoms with E-state index in [1.165, 1.54) is 23.9 Å². The Bertz CT molecular complexity index is 915. The first-order chi connectivity index (χ1) is 12.6. The smallest absolute Gasteiger partial charge is 0.387 e.